The molecule has 1 N–H and O–H groups in total. The van der Waals surface area contributed by atoms with Gasteiger partial charge in [-0.3, -0.25) is 0 Å². The molecule has 0 atom stereocenters. The highest BCUT2D eigenvalue weighted by Crippen LogP contribution is 2.30. The predicted octanol–water partition coefficient (Wildman–Crippen LogP) is 4.86. The predicted molar refractivity (Wildman–Crippen MR) is 105 cm³/mol. The molecular weight excluding hydrogens is 329 g/mol. The second-order valence-corrected chi connectivity index (χ2v) is 6.61. The van der Waals surface area contributed by atoms with Crippen LogP contribution in [0.15, 0.2) is 30.5 Å². The third-order valence-electron chi connectivity index (χ3n) is 4.40. The van der Waals surface area contributed by atoms with Crippen LogP contribution in [-0.2, 0) is 0 Å². The first kappa shape index (κ1) is 18.2. The zero-order valence-corrected chi connectivity index (χ0v) is 15.9. The minimum atomic E-state index is -0.278. The molecule has 0 saturated carbocycles. The van der Waals surface area contributed by atoms with Crippen LogP contribution >= 0.6 is 0 Å². The number of nitrogens with zero attached hydrogens (tertiary/aromatic N) is 4. The number of fused-ring (bicyclic) bond motifs is 1. The summed E-state index contributed by atoms with van der Waals surface area (Å²) in [7, 11) is 0. The average molecular weight is 355 g/mol. The number of anilines is 3. The summed E-state index contributed by atoms with van der Waals surface area (Å²) in [6.07, 6.45) is 3.83. The van der Waals surface area contributed by atoms with Crippen molar-refractivity contribution in [3.05, 3.63) is 47.4 Å². The number of halogens is 1. The van der Waals surface area contributed by atoms with Gasteiger partial charge in [0, 0.05) is 24.7 Å². The minimum Gasteiger partial charge on any atom is -0.356 e. The summed E-state index contributed by atoms with van der Waals surface area (Å²) >= 11 is 0. The number of hydrogen-bond acceptors (Lipinski definition) is 4. The zero-order chi connectivity index (χ0) is 18.7. The van der Waals surface area contributed by atoms with Gasteiger partial charge in [0.25, 0.3) is 0 Å². The van der Waals surface area contributed by atoms with Gasteiger partial charge >= 0.3 is 0 Å². The third kappa shape index (κ3) is 3.49. The largest absolute Gasteiger partial charge is 0.356 e. The van der Waals surface area contributed by atoms with E-state index >= 15 is 0 Å². The van der Waals surface area contributed by atoms with Crippen LogP contribution in [-0.4, -0.2) is 27.7 Å². The molecule has 2 heterocycles. The highest BCUT2D eigenvalue weighted by atomic mass is 19.1. The van der Waals surface area contributed by atoms with Crippen molar-refractivity contribution in [1.29, 1.82) is 0 Å². The summed E-state index contributed by atoms with van der Waals surface area (Å²) in [6, 6.07) is 7.04. The first-order valence-corrected chi connectivity index (χ1v) is 9.17. The molecule has 6 heteroatoms. The molecule has 5 nitrogen and oxygen atoms in total. The number of aryl methyl sites for hydroxylation is 1. The van der Waals surface area contributed by atoms with E-state index in [9.17, 15) is 4.39 Å². The zero-order valence-electron chi connectivity index (χ0n) is 15.9. The van der Waals surface area contributed by atoms with Crippen LogP contribution in [0.4, 0.5) is 21.7 Å². The maximum atomic E-state index is 14.3. The quantitative estimate of drug-likeness (QED) is 0.658. The van der Waals surface area contributed by atoms with Crippen LogP contribution in [0.1, 0.15) is 37.8 Å². The summed E-state index contributed by atoms with van der Waals surface area (Å²) in [5.74, 6) is 1.40. The lowest BCUT2D eigenvalue weighted by Gasteiger charge is -2.27. The van der Waals surface area contributed by atoms with Crippen molar-refractivity contribution in [2.75, 3.05) is 23.3 Å². The molecule has 26 heavy (non-hydrogen) atoms. The topological polar surface area (TPSA) is 45.5 Å². The van der Waals surface area contributed by atoms with E-state index in [1.807, 2.05) is 30.5 Å². The standard InChI is InChI=1S/C20H26FN5/c1-5-11-25(12-6-2)20-15(4)19(24-18-9-10-22-26(18)20)23-17-8-7-14(3)13-16(17)21/h7-10,13H,5-6,11-12H2,1-4H3,(H,23,24). The van der Waals surface area contributed by atoms with E-state index in [4.69, 9.17) is 0 Å². The normalized spacial score (nSPS) is 11.1. The first-order valence-electron chi connectivity index (χ1n) is 9.17. The number of nitrogens with one attached hydrogen (secondary N) is 1. The summed E-state index contributed by atoms with van der Waals surface area (Å²) in [6.45, 7) is 10.1. The molecular formula is C20H26FN5. The fourth-order valence-electron chi connectivity index (χ4n) is 3.21. The van der Waals surface area contributed by atoms with Gasteiger partial charge in [-0.25, -0.2) is 9.37 Å². The Balaban J connectivity index is 2.10. The molecule has 3 aromatic rings. The van der Waals surface area contributed by atoms with Crippen LogP contribution in [0, 0.1) is 19.7 Å². The molecule has 0 bridgehead atoms. The molecule has 0 saturated heterocycles. The van der Waals surface area contributed by atoms with E-state index in [0.717, 1.165) is 48.5 Å². The van der Waals surface area contributed by atoms with Crippen LogP contribution in [0.5, 0.6) is 0 Å². The Morgan fingerprint density at radius 3 is 2.50 bits per heavy atom. The number of hydrogen-bond donors (Lipinski definition) is 1. The van der Waals surface area contributed by atoms with Gasteiger partial charge in [0.2, 0.25) is 0 Å². The summed E-state index contributed by atoms with van der Waals surface area (Å²) in [4.78, 5) is 6.98. The molecule has 0 unspecified atom stereocenters. The minimum absolute atomic E-state index is 0.278. The molecule has 0 aliphatic carbocycles. The van der Waals surface area contributed by atoms with Gasteiger partial charge in [0.15, 0.2) is 5.65 Å². The third-order valence-corrected chi connectivity index (χ3v) is 4.40. The molecule has 0 amide bonds. The smallest absolute Gasteiger partial charge is 0.159 e. The highest BCUT2D eigenvalue weighted by Gasteiger charge is 2.18. The van der Waals surface area contributed by atoms with E-state index < -0.39 is 0 Å². The summed E-state index contributed by atoms with van der Waals surface area (Å²) < 4.78 is 16.2. The number of benzene rings is 1. The maximum Gasteiger partial charge on any atom is 0.159 e. The van der Waals surface area contributed by atoms with E-state index in [-0.39, 0.29) is 5.82 Å². The molecule has 138 valence electrons. The molecule has 1 aromatic carbocycles. The van der Waals surface area contributed by atoms with Gasteiger partial charge in [-0.05, 0) is 44.4 Å². The lowest BCUT2D eigenvalue weighted by atomic mass is 10.2. The van der Waals surface area contributed by atoms with Crippen LogP contribution < -0.4 is 10.2 Å². The van der Waals surface area contributed by atoms with Gasteiger partial charge < -0.3 is 10.2 Å². The van der Waals surface area contributed by atoms with Crippen molar-refractivity contribution >= 4 is 23.0 Å². The van der Waals surface area contributed by atoms with E-state index in [1.165, 1.54) is 6.07 Å². The highest BCUT2D eigenvalue weighted by molar-refractivity contribution is 5.69. The monoisotopic (exact) mass is 355 g/mol. The molecule has 0 spiro atoms. The van der Waals surface area contributed by atoms with Crippen molar-refractivity contribution < 1.29 is 4.39 Å². The van der Waals surface area contributed by atoms with Crippen molar-refractivity contribution in [3.8, 4) is 0 Å². The number of rotatable bonds is 7. The molecule has 0 aliphatic rings. The SMILES string of the molecule is CCCN(CCC)c1c(C)c(Nc2ccc(C)cc2F)nc2ccnn12. The molecule has 0 fully saturated rings. The van der Waals surface area contributed by atoms with Crippen LogP contribution in [0.25, 0.3) is 5.65 Å². The molecule has 3 rings (SSSR count). The van der Waals surface area contributed by atoms with Gasteiger partial charge in [-0.15, -0.1) is 0 Å². The lowest BCUT2D eigenvalue weighted by molar-refractivity contribution is 0.630. The summed E-state index contributed by atoms with van der Waals surface area (Å²) in [5, 5.41) is 7.63. The van der Waals surface area contributed by atoms with Crippen molar-refractivity contribution in [1.82, 2.24) is 14.6 Å². The molecule has 0 aliphatic heterocycles. The second kappa shape index (κ2) is 7.72. The van der Waals surface area contributed by atoms with Gasteiger partial charge in [0.05, 0.1) is 11.9 Å². The average Bonchev–Trinajstić information content (AvgIpc) is 3.06. The lowest BCUT2D eigenvalue weighted by Crippen LogP contribution is -2.28. The fraction of sp³-hybridized carbons (Fsp3) is 0.400. The fourth-order valence-corrected chi connectivity index (χ4v) is 3.21. The Hall–Kier alpha value is -2.63. The molecule has 2 aromatic heterocycles. The second-order valence-electron chi connectivity index (χ2n) is 6.61. The summed E-state index contributed by atoms with van der Waals surface area (Å²) in [5.41, 5.74) is 3.03. The Kier molecular flexibility index (Phi) is 5.40. The van der Waals surface area contributed by atoms with Gasteiger partial charge in [-0.2, -0.15) is 9.61 Å². The van der Waals surface area contributed by atoms with Gasteiger partial charge in [0.1, 0.15) is 17.5 Å². The number of aromatic nitrogens is 3. The van der Waals surface area contributed by atoms with Crippen molar-refractivity contribution in [2.24, 2.45) is 0 Å². The Bertz CT molecular complexity index is 897. The van der Waals surface area contributed by atoms with Crippen LogP contribution in [0.3, 0.4) is 0 Å². The Labute approximate surface area is 153 Å². The Morgan fingerprint density at radius 1 is 1.12 bits per heavy atom. The first-order chi connectivity index (χ1) is 12.5. The van der Waals surface area contributed by atoms with Crippen molar-refractivity contribution in [3.63, 3.8) is 0 Å². The van der Waals surface area contributed by atoms with E-state index in [0.29, 0.717) is 11.5 Å². The maximum absolute atomic E-state index is 14.3. The Morgan fingerprint density at radius 2 is 1.85 bits per heavy atom. The van der Waals surface area contributed by atoms with E-state index in [2.05, 4.69) is 34.1 Å². The van der Waals surface area contributed by atoms with E-state index in [1.54, 1.807) is 12.3 Å². The van der Waals surface area contributed by atoms with Gasteiger partial charge in [-0.1, -0.05) is 19.9 Å². The van der Waals surface area contributed by atoms with Crippen LogP contribution in [0.2, 0.25) is 0 Å². The van der Waals surface area contributed by atoms with Crippen molar-refractivity contribution in [2.45, 2.75) is 40.5 Å². The molecule has 0 radical (unpaired) electrons.